The van der Waals surface area contributed by atoms with E-state index in [1.165, 1.54) is 44.4 Å². The Morgan fingerprint density at radius 3 is 2.62 bits per heavy atom. The Labute approximate surface area is 140 Å². The van der Waals surface area contributed by atoms with Gasteiger partial charge in [0.2, 0.25) is 0 Å². The van der Waals surface area contributed by atoms with E-state index in [-0.39, 0.29) is 0 Å². The number of piperidine rings is 1. The molecule has 3 fully saturated rings. The summed E-state index contributed by atoms with van der Waals surface area (Å²) in [6, 6.07) is 4.24. The van der Waals surface area contributed by atoms with Crippen molar-refractivity contribution in [2.24, 2.45) is 5.92 Å². The molecule has 0 radical (unpaired) electrons. The molecule has 6 heteroatoms. The largest absolute Gasteiger partial charge is 0.433 e. The molecule has 2 heterocycles. The quantitative estimate of drug-likeness (QED) is 0.902. The molecule has 3 atom stereocenters. The van der Waals surface area contributed by atoms with Crippen LogP contribution in [0.3, 0.4) is 0 Å². The number of halogens is 3. The summed E-state index contributed by atoms with van der Waals surface area (Å²) in [4.78, 5) is 5.66. The highest BCUT2D eigenvalue weighted by atomic mass is 19.4. The molecule has 0 spiro atoms. The molecule has 132 valence electrons. The van der Waals surface area contributed by atoms with Gasteiger partial charge in [0.05, 0.1) is 0 Å². The topological polar surface area (TPSA) is 28.2 Å². The van der Waals surface area contributed by atoms with E-state index in [9.17, 15) is 13.2 Å². The molecule has 1 aromatic heterocycles. The number of fused-ring (bicyclic) bond motifs is 2. The number of alkyl halides is 3. The van der Waals surface area contributed by atoms with Crippen LogP contribution >= 0.6 is 0 Å². The molecule has 0 aromatic carbocycles. The van der Waals surface area contributed by atoms with Crippen LogP contribution in [-0.4, -0.2) is 29.7 Å². The molecule has 2 aliphatic carbocycles. The summed E-state index contributed by atoms with van der Waals surface area (Å²) in [7, 11) is 0. The van der Waals surface area contributed by atoms with Crippen LogP contribution in [0.4, 0.5) is 18.9 Å². The Morgan fingerprint density at radius 2 is 1.92 bits per heavy atom. The van der Waals surface area contributed by atoms with Gasteiger partial charge < -0.3 is 10.2 Å². The minimum atomic E-state index is -4.38. The summed E-state index contributed by atoms with van der Waals surface area (Å²) in [5.74, 6) is 0.596. The first-order valence-corrected chi connectivity index (χ1v) is 9.06. The van der Waals surface area contributed by atoms with Crippen LogP contribution in [0.2, 0.25) is 0 Å². The standard InChI is InChI=1S/C18H24F3N3/c19-18(20,21)17-10-14(6-7-22-17)24-11-12-8-15(16(24)9-12)23-13-4-2-1-3-5-13/h6-7,10,12-13,15-16,23H,1-5,8-9,11H2/t12-,15+,16-/m1/s1. The Kier molecular flexibility index (Phi) is 4.19. The molecule has 1 aliphatic heterocycles. The maximum absolute atomic E-state index is 12.9. The van der Waals surface area contributed by atoms with Gasteiger partial charge in [0.15, 0.2) is 0 Å². The fourth-order valence-corrected chi connectivity index (χ4v) is 4.83. The second-order valence-electron chi connectivity index (χ2n) is 7.56. The molecule has 1 saturated heterocycles. The van der Waals surface area contributed by atoms with E-state index in [1.807, 2.05) is 0 Å². The van der Waals surface area contributed by atoms with Gasteiger partial charge in [-0.1, -0.05) is 19.3 Å². The molecule has 24 heavy (non-hydrogen) atoms. The molecule has 0 unspecified atom stereocenters. The van der Waals surface area contributed by atoms with Crippen LogP contribution in [-0.2, 0) is 6.18 Å². The first-order valence-electron chi connectivity index (χ1n) is 9.06. The number of anilines is 1. The highest BCUT2D eigenvalue weighted by Crippen LogP contribution is 2.42. The average molecular weight is 339 g/mol. The van der Waals surface area contributed by atoms with Gasteiger partial charge in [-0.15, -0.1) is 0 Å². The van der Waals surface area contributed by atoms with Gasteiger partial charge in [-0.25, -0.2) is 0 Å². The summed E-state index contributed by atoms with van der Waals surface area (Å²) in [6.45, 7) is 0.870. The third-order valence-corrected chi connectivity index (χ3v) is 5.90. The van der Waals surface area contributed by atoms with Crippen molar-refractivity contribution in [2.45, 2.75) is 69.2 Å². The zero-order valence-corrected chi connectivity index (χ0v) is 13.7. The predicted octanol–water partition coefficient (Wildman–Crippen LogP) is 3.99. The lowest BCUT2D eigenvalue weighted by molar-refractivity contribution is -0.141. The van der Waals surface area contributed by atoms with Crippen LogP contribution in [0, 0.1) is 5.92 Å². The van der Waals surface area contributed by atoms with Crippen molar-refractivity contribution in [3.63, 3.8) is 0 Å². The molecule has 0 amide bonds. The highest BCUT2D eigenvalue weighted by Gasteiger charge is 2.46. The van der Waals surface area contributed by atoms with E-state index in [4.69, 9.17) is 0 Å². The predicted molar refractivity (Wildman–Crippen MR) is 86.9 cm³/mol. The second-order valence-corrected chi connectivity index (χ2v) is 7.56. The second kappa shape index (κ2) is 6.21. The summed E-state index contributed by atoms with van der Waals surface area (Å²) in [6.07, 6.45) is 5.55. The molecule has 1 aromatic rings. The highest BCUT2D eigenvalue weighted by molar-refractivity contribution is 5.50. The normalized spacial score (nSPS) is 31.0. The Hall–Kier alpha value is -1.30. The number of hydrogen-bond acceptors (Lipinski definition) is 3. The number of pyridine rings is 1. The van der Waals surface area contributed by atoms with Gasteiger partial charge in [-0.3, -0.25) is 4.98 Å². The third kappa shape index (κ3) is 3.13. The van der Waals surface area contributed by atoms with Crippen molar-refractivity contribution in [2.75, 3.05) is 11.4 Å². The van der Waals surface area contributed by atoms with E-state index in [0.717, 1.165) is 19.4 Å². The van der Waals surface area contributed by atoms with Gasteiger partial charge in [0, 0.05) is 36.6 Å². The van der Waals surface area contributed by atoms with E-state index in [1.54, 1.807) is 6.07 Å². The van der Waals surface area contributed by atoms with Gasteiger partial charge in [0.1, 0.15) is 5.69 Å². The van der Waals surface area contributed by atoms with Crippen LogP contribution < -0.4 is 10.2 Å². The lowest BCUT2D eigenvalue weighted by Crippen LogP contribution is -2.51. The average Bonchev–Trinajstić information content (AvgIpc) is 3.15. The van der Waals surface area contributed by atoms with Crippen molar-refractivity contribution in [3.8, 4) is 0 Å². The fraction of sp³-hybridized carbons (Fsp3) is 0.722. The maximum Gasteiger partial charge on any atom is 0.433 e. The van der Waals surface area contributed by atoms with Crippen molar-refractivity contribution < 1.29 is 13.2 Å². The molecule has 3 aliphatic rings. The SMILES string of the molecule is FC(F)(F)c1cc(N2C[C@@H]3C[C@H](NC4CCCCC4)[C@H]2C3)ccn1. The molecular formula is C18H24F3N3. The van der Waals surface area contributed by atoms with E-state index in [2.05, 4.69) is 15.2 Å². The summed E-state index contributed by atoms with van der Waals surface area (Å²) < 4.78 is 38.8. The van der Waals surface area contributed by atoms with Crippen molar-refractivity contribution >= 4 is 5.69 Å². The van der Waals surface area contributed by atoms with Gasteiger partial charge in [0.25, 0.3) is 0 Å². The minimum Gasteiger partial charge on any atom is -0.367 e. The van der Waals surface area contributed by atoms with Crippen LogP contribution in [0.1, 0.15) is 50.6 Å². The number of hydrogen-bond donors (Lipinski definition) is 1. The van der Waals surface area contributed by atoms with Crippen molar-refractivity contribution in [1.82, 2.24) is 10.3 Å². The van der Waals surface area contributed by atoms with Crippen LogP contribution in [0.5, 0.6) is 0 Å². The number of aromatic nitrogens is 1. The molecule has 1 N–H and O–H groups in total. The molecule has 2 saturated carbocycles. The number of nitrogens with zero attached hydrogens (tertiary/aromatic N) is 2. The van der Waals surface area contributed by atoms with E-state index >= 15 is 0 Å². The molecule has 4 rings (SSSR count). The first-order chi connectivity index (χ1) is 11.5. The lowest BCUT2D eigenvalue weighted by Gasteiger charge is -2.38. The minimum absolute atomic E-state index is 0.320. The molecule has 2 bridgehead atoms. The zero-order chi connectivity index (χ0) is 16.7. The van der Waals surface area contributed by atoms with Crippen molar-refractivity contribution in [3.05, 3.63) is 24.0 Å². The van der Waals surface area contributed by atoms with E-state index < -0.39 is 11.9 Å². The fourth-order valence-electron chi connectivity index (χ4n) is 4.83. The molecule has 3 nitrogen and oxygen atoms in total. The third-order valence-electron chi connectivity index (χ3n) is 5.90. The van der Waals surface area contributed by atoms with Crippen LogP contribution in [0.25, 0.3) is 0 Å². The van der Waals surface area contributed by atoms with Gasteiger partial charge in [-0.2, -0.15) is 13.2 Å². The van der Waals surface area contributed by atoms with Gasteiger partial charge >= 0.3 is 6.18 Å². The summed E-state index contributed by atoms with van der Waals surface area (Å²) in [5, 5.41) is 3.81. The molecular weight excluding hydrogens is 315 g/mol. The van der Waals surface area contributed by atoms with Crippen molar-refractivity contribution in [1.29, 1.82) is 0 Å². The summed E-state index contributed by atoms with van der Waals surface area (Å²) >= 11 is 0. The lowest BCUT2D eigenvalue weighted by atomic mass is 9.93. The van der Waals surface area contributed by atoms with Crippen LogP contribution in [0.15, 0.2) is 18.3 Å². The maximum atomic E-state index is 12.9. The van der Waals surface area contributed by atoms with Gasteiger partial charge in [-0.05, 0) is 43.7 Å². The first kappa shape index (κ1) is 16.2. The monoisotopic (exact) mass is 339 g/mol. The smallest absolute Gasteiger partial charge is 0.367 e. The number of nitrogens with one attached hydrogen (secondary N) is 1. The Morgan fingerprint density at radius 1 is 1.12 bits per heavy atom. The van der Waals surface area contributed by atoms with E-state index in [0.29, 0.717) is 29.7 Å². The zero-order valence-electron chi connectivity index (χ0n) is 13.7. The Bertz CT molecular complexity index is 583. The summed E-state index contributed by atoms with van der Waals surface area (Å²) in [5.41, 5.74) is -0.125. The number of rotatable bonds is 3. The Balaban J connectivity index is 1.49.